The normalized spacial score (nSPS) is 61.8. The third kappa shape index (κ3) is 0.705. The van der Waals surface area contributed by atoms with Gasteiger partial charge in [-0.25, -0.2) is 0 Å². The summed E-state index contributed by atoms with van der Waals surface area (Å²) in [5.74, 6) is 0.807. The van der Waals surface area contributed by atoms with Crippen LogP contribution in [-0.4, -0.2) is 29.7 Å². The average molecular weight is 244 g/mol. The number of Topliss-reactive ketones (excluding diaryl/α,β-unsaturated/α-hetero) is 1. The van der Waals surface area contributed by atoms with Gasteiger partial charge in [0, 0.05) is 11.3 Å². The van der Waals surface area contributed by atoms with Gasteiger partial charge in [-0.05, 0) is 25.2 Å². The minimum Gasteiger partial charge on any atom is -0.366 e. The number of ether oxygens (including phenoxy) is 2. The number of carbonyl (C=O) groups excluding carboxylic acids is 1. The number of hydrogen-bond donors (Lipinski definition) is 0. The van der Waals surface area contributed by atoms with Crippen LogP contribution in [0.4, 0.5) is 0 Å². The Hall–Kier alpha value is -0.930. The molecule has 3 heteroatoms. The zero-order chi connectivity index (χ0) is 12.2. The van der Waals surface area contributed by atoms with Gasteiger partial charge in [-0.3, -0.25) is 4.79 Å². The Bertz CT molecular complexity index is 524. The predicted octanol–water partition coefficient (Wildman–Crippen LogP) is 1.63. The van der Waals surface area contributed by atoms with E-state index in [1.54, 1.807) is 0 Å². The second-order valence-corrected chi connectivity index (χ2v) is 6.64. The van der Waals surface area contributed by atoms with Crippen LogP contribution in [0.15, 0.2) is 24.8 Å². The third-order valence-electron chi connectivity index (χ3n) is 5.98. The molecule has 2 saturated carbocycles. The fourth-order valence-corrected chi connectivity index (χ4v) is 5.28. The highest BCUT2D eigenvalue weighted by molar-refractivity contribution is 5.99. The molecule has 7 rings (SSSR count). The van der Waals surface area contributed by atoms with E-state index in [2.05, 4.69) is 18.7 Å². The number of epoxide rings is 1. The molecule has 3 heterocycles. The van der Waals surface area contributed by atoms with Crippen LogP contribution < -0.4 is 0 Å². The van der Waals surface area contributed by atoms with Crippen molar-refractivity contribution in [1.82, 2.24) is 0 Å². The van der Waals surface area contributed by atoms with Gasteiger partial charge in [0.15, 0.2) is 11.4 Å². The molecule has 7 aliphatic rings. The minimum absolute atomic E-state index is 0.0139. The molecule has 94 valence electrons. The Kier molecular flexibility index (Phi) is 1.39. The monoisotopic (exact) mass is 244 g/mol. The highest BCUT2D eigenvalue weighted by Crippen LogP contribution is 2.74. The van der Waals surface area contributed by atoms with Gasteiger partial charge >= 0.3 is 0 Å². The van der Waals surface area contributed by atoms with Gasteiger partial charge in [0.2, 0.25) is 0 Å². The molecule has 5 bridgehead atoms. The molecule has 3 nitrogen and oxygen atoms in total. The van der Waals surface area contributed by atoms with Gasteiger partial charge in [-0.15, -0.1) is 6.58 Å². The number of hydrogen-bond acceptors (Lipinski definition) is 3. The second kappa shape index (κ2) is 2.52. The number of carbonyl (C=O) groups is 1. The van der Waals surface area contributed by atoms with Crippen LogP contribution in [0.2, 0.25) is 0 Å². The van der Waals surface area contributed by atoms with Crippen molar-refractivity contribution in [2.45, 2.75) is 36.6 Å². The molecule has 6 atom stereocenters. The van der Waals surface area contributed by atoms with Crippen LogP contribution in [0.25, 0.3) is 0 Å². The summed E-state index contributed by atoms with van der Waals surface area (Å²) in [5.41, 5.74) is -1.03. The largest absolute Gasteiger partial charge is 0.366 e. The zero-order valence-corrected chi connectivity index (χ0v) is 10.2. The lowest BCUT2D eigenvalue weighted by Gasteiger charge is -2.61. The molecule has 0 radical (unpaired) electrons. The van der Waals surface area contributed by atoms with Crippen molar-refractivity contribution < 1.29 is 14.3 Å². The van der Waals surface area contributed by atoms with Crippen molar-refractivity contribution in [3.8, 4) is 0 Å². The molecule has 0 amide bonds. The lowest BCUT2D eigenvalue weighted by Crippen LogP contribution is -2.74. The van der Waals surface area contributed by atoms with Crippen molar-refractivity contribution in [3.05, 3.63) is 24.8 Å². The van der Waals surface area contributed by atoms with Gasteiger partial charge in [0.05, 0.1) is 6.61 Å². The topological polar surface area (TPSA) is 38.8 Å². The van der Waals surface area contributed by atoms with E-state index in [1.807, 2.05) is 6.08 Å². The highest BCUT2D eigenvalue weighted by atomic mass is 16.7. The van der Waals surface area contributed by atoms with Gasteiger partial charge in [0.1, 0.15) is 11.7 Å². The second-order valence-electron chi connectivity index (χ2n) is 6.64. The van der Waals surface area contributed by atoms with Gasteiger partial charge in [0.25, 0.3) is 0 Å². The van der Waals surface area contributed by atoms with Crippen molar-refractivity contribution in [2.24, 2.45) is 17.3 Å². The van der Waals surface area contributed by atoms with E-state index < -0.39 is 11.2 Å². The van der Waals surface area contributed by atoms with Crippen LogP contribution in [0.5, 0.6) is 0 Å². The smallest absolute Gasteiger partial charge is 0.186 e. The maximum Gasteiger partial charge on any atom is 0.186 e. The van der Waals surface area contributed by atoms with Crippen LogP contribution >= 0.6 is 0 Å². The Morgan fingerprint density at radius 2 is 2.44 bits per heavy atom. The van der Waals surface area contributed by atoms with E-state index >= 15 is 0 Å². The Morgan fingerprint density at radius 1 is 1.56 bits per heavy atom. The lowest BCUT2D eigenvalue weighted by molar-refractivity contribution is -0.217. The van der Waals surface area contributed by atoms with E-state index in [-0.39, 0.29) is 23.2 Å². The van der Waals surface area contributed by atoms with E-state index in [1.165, 1.54) is 0 Å². The van der Waals surface area contributed by atoms with Gasteiger partial charge in [-0.2, -0.15) is 0 Å². The summed E-state index contributed by atoms with van der Waals surface area (Å²) >= 11 is 0. The van der Waals surface area contributed by atoms with Crippen molar-refractivity contribution in [3.63, 3.8) is 0 Å². The molecule has 0 N–H and O–H groups in total. The molecule has 3 aliphatic heterocycles. The van der Waals surface area contributed by atoms with Gasteiger partial charge in [-0.1, -0.05) is 18.2 Å². The highest BCUT2D eigenvalue weighted by Gasteiger charge is 2.88. The molecule has 5 fully saturated rings. The molecule has 0 aromatic rings. The summed E-state index contributed by atoms with van der Waals surface area (Å²) in [6.07, 6.45) is 9.20. The SMILES string of the molecule is C=CC[C@@]12CO[C@@]34C=C[C@@H](C[C@@H]3C1)C(=O)[C@]41O[C@H]21. The fourth-order valence-electron chi connectivity index (χ4n) is 5.28. The minimum atomic E-state index is -0.616. The molecular formula is C15H16O3. The standard InChI is InChI=1S/C15H16O3/c1-2-4-13-7-10-6-9-3-5-14(10,17-8-13)15(11(9)16)12(13)18-15/h2-3,5,9-10,12H,1,4,6-8H2/t9-,10+,12+,13-,14-,15+/m0/s1. The van der Waals surface area contributed by atoms with E-state index in [0.717, 1.165) is 19.3 Å². The van der Waals surface area contributed by atoms with Crippen molar-refractivity contribution in [2.75, 3.05) is 6.61 Å². The maximum absolute atomic E-state index is 12.6. The van der Waals surface area contributed by atoms with Crippen LogP contribution in [0, 0.1) is 17.3 Å². The summed E-state index contributed by atoms with van der Waals surface area (Å²) in [7, 11) is 0. The molecule has 2 spiro atoms. The summed E-state index contributed by atoms with van der Waals surface area (Å²) < 4.78 is 12.3. The average Bonchev–Trinajstić information content (AvgIpc) is 3.14. The Balaban J connectivity index is 1.74. The molecule has 3 saturated heterocycles. The summed E-state index contributed by atoms with van der Waals surface area (Å²) in [6, 6.07) is 0. The number of ketones is 1. The van der Waals surface area contributed by atoms with E-state index in [9.17, 15) is 4.79 Å². The lowest BCUT2D eigenvalue weighted by atomic mass is 9.46. The van der Waals surface area contributed by atoms with Crippen LogP contribution in [0.1, 0.15) is 19.3 Å². The van der Waals surface area contributed by atoms with Crippen molar-refractivity contribution in [1.29, 1.82) is 0 Å². The Labute approximate surface area is 106 Å². The van der Waals surface area contributed by atoms with Crippen LogP contribution in [0.3, 0.4) is 0 Å². The van der Waals surface area contributed by atoms with E-state index in [4.69, 9.17) is 9.47 Å². The Morgan fingerprint density at radius 3 is 3.28 bits per heavy atom. The fraction of sp³-hybridized carbons (Fsp3) is 0.667. The quantitative estimate of drug-likeness (QED) is 0.547. The third-order valence-corrected chi connectivity index (χ3v) is 5.98. The summed E-state index contributed by atoms with van der Waals surface area (Å²) in [4.78, 5) is 12.6. The molecule has 0 unspecified atom stereocenters. The molecular weight excluding hydrogens is 228 g/mol. The molecule has 18 heavy (non-hydrogen) atoms. The first-order valence-electron chi connectivity index (χ1n) is 6.85. The first kappa shape index (κ1) is 9.93. The molecule has 0 aromatic carbocycles. The van der Waals surface area contributed by atoms with E-state index in [0.29, 0.717) is 12.5 Å². The van der Waals surface area contributed by atoms with Crippen molar-refractivity contribution >= 4 is 5.78 Å². The van der Waals surface area contributed by atoms with Crippen LogP contribution in [-0.2, 0) is 14.3 Å². The zero-order valence-electron chi connectivity index (χ0n) is 10.2. The molecule has 0 aromatic heterocycles. The summed E-state index contributed by atoms with van der Waals surface area (Å²) in [5, 5.41) is 0. The summed E-state index contributed by atoms with van der Waals surface area (Å²) in [6.45, 7) is 4.58. The van der Waals surface area contributed by atoms with Gasteiger partial charge < -0.3 is 9.47 Å². The molecule has 4 aliphatic carbocycles. The first-order valence-corrected chi connectivity index (χ1v) is 6.85. The number of rotatable bonds is 2. The number of fused-ring (bicyclic) bond motifs is 1. The predicted molar refractivity (Wildman–Crippen MR) is 63.9 cm³/mol. The number of allylic oxidation sites excluding steroid dienone is 2. The maximum atomic E-state index is 12.6. The first-order chi connectivity index (χ1) is 8.69.